The zero-order valence-electron chi connectivity index (χ0n) is 51.9. The second-order valence-electron chi connectivity index (χ2n) is 21.2. The summed E-state index contributed by atoms with van der Waals surface area (Å²) in [5.74, 6) is -1.51. The van der Waals surface area contributed by atoms with Crippen LogP contribution in [0.25, 0.3) is 0 Å². The number of allylic oxidation sites excluding steroid dienone is 20. The fourth-order valence-corrected chi connectivity index (χ4v) is 9.27. The summed E-state index contributed by atoms with van der Waals surface area (Å²) in [6.45, 7) is 4.37. The van der Waals surface area contributed by atoms with Crippen molar-refractivity contribution < 1.29 is 52.2 Å². The van der Waals surface area contributed by atoms with Gasteiger partial charge in [0.1, 0.15) is 12.7 Å². The minimum atomic E-state index is -4.77. The Balaban J connectivity index is 4.77. The first-order chi connectivity index (χ1) is 40.2. The predicted octanol–water partition coefficient (Wildman–Crippen LogP) is 19.9. The highest BCUT2D eigenvalue weighted by Gasteiger charge is 2.28. The van der Waals surface area contributed by atoms with Crippen molar-refractivity contribution in [3.63, 3.8) is 0 Å². The maximum Gasteiger partial charge on any atom is 0.472 e. The lowest BCUT2D eigenvalue weighted by atomic mass is 10.1. The smallest absolute Gasteiger partial charge is 0.462 e. The average Bonchev–Trinajstić information content (AvgIpc) is 3.50. The molecule has 0 aromatic rings. The van der Waals surface area contributed by atoms with Crippen LogP contribution in [0.4, 0.5) is 0 Å². The molecule has 0 aliphatic carbocycles. The summed E-state index contributed by atoms with van der Waals surface area (Å²) < 4.78 is 39.7. The van der Waals surface area contributed by atoms with Gasteiger partial charge in [0.2, 0.25) is 0 Å². The quantitative estimate of drug-likeness (QED) is 0.0197. The Morgan fingerprint density at radius 2 is 0.634 bits per heavy atom. The molecular weight excluding hydrogens is 1050 g/mol. The van der Waals surface area contributed by atoms with Crippen LogP contribution >= 0.6 is 7.82 Å². The molecule has 12 heteroatoms. The number of unbranched alkanes of at least 4 members (excludes halogenated alkanes) is 22. The Kier molecular flexibility index (Phi) is 59.8. The molecule has 3 unspecified atom stereocenters. The van der Waals surface area contributed by atoms with Gasteiger partial charge in [0, 0.05) is 19.3 Å². The van der Waals surface area contributed by atoms with Crippen molar-refractivity contribution in [1.29, 1.82) is 0 Å². The van der Waals surface area contributed by atoms with E-state index in [0.717, 1.165) is 173 Å². The van der Waals surface area contributed by atoms with Crippen LogP contribution in [0.1, 0.15) is 265 Å². The third-order valence-electron chi connectivity index (χ3n) is 13.3. The summed E-state index contributed by atoms with van der Waals surface area (Å²) in [7, 11) is -4.77. The van der Waals surface area contributed by atoms with Gasteiger partial charge >= 0.3 is 25.7 Å². The topological polar surface area (TPSA) is 155 Å². The number of esters is 3. The van der Waals surface area contributed by atoms with Crippen molar-refractivity contribution in [3.05, 3.63) is 122 Å². The lowest BCUT2D eigenvalue weighted by Gasteiger charge is -2.21. The summed E-state index contributed by atoms with van der Waals surface area (Å²) in [6.07, 6.45) is 78.5. The zero-order valence-corrected chi connectivity index (χ0v) is 52.8. The number of rotatable bonds is 59. The van der Waals surface area contributed by atoms with Crippen molar-refractivity contribution in [1.82, 2.24) is 0 Å². The van der Waals surface area contributed by atoms with Crippen LogP contribution in [0.2, 0.25) is 0 Å². The molecule has 0 bridgehead atoms. The highest BCUT2D eigenvalue weighted by Crippen LogP contribution is 2.43. The molecule has 11 nitrogen and oxygen atoms in total. The number of aliphatic hydroxyl groups excluding tert-OH is 1. The average molecular weight is 1170 g/mol. The van der Waals surface area contributed by atoms with E-state index in [0.29, 0.717) is 19.3 Å². The highest BCUT2D eigenvalue weighted by molar-refractivity contribution is 7.47. The Morgan fingerprint density at radius 3 is 0.976 bits per heavy atom. The lowest BCUT2D eigenvalue weighted by molar-refractivity contribution is -0.161. The monoisotopic (exact) mass is 1160 g/mol. The zero-order chi connectivity index (χ0) is 59.8. The molecule has 0 rings (SSSR count). The molecule has 0 radical (unpaired) electrons. The van der Waals surface area contributed by atoms with Crippen LogP contribution in [0, 0.1) is 0 Å². The molecule has 0 aromatic heterocycles. The minimum absolute atomic E-state index is 0.142. The second kappa shape index (κ2) is 62.9. The van der Waals surface area contributed by atoms with Gasteiger partial charge in [-0.2, -0.15) is 0 Å². The van der Waals surface area contributed by atoms with E-state index in [-0.39, 0.29) is 25.9 Å². The molecule has 0 spiro atoms. The van der Waals surface area contributed by atoms with Crippen molar-refractivity contribution in [2.45, 2.75) is 277 Å². The SMILES string of the molecule is CC/C=C\C/C=C\C/C=C\C/C=C\CCCCCCCCC(=O)OC(COC(=O)CCCCCCCC/C=C\C/C=C\C/C=C\CCCCC)COP(=O)(O)OCC(CO)OC(=O)CCCCCCCCC/C=C\C/C=C\C/C=C\CC. The van der Waals surface area contributed by atoms with Crippen LogP contribution in [-0.4, -0.2) is 66.5 Å². The van der Waals surface area contributed by atoms with Crippen LogP contribution in [0.3, 0.4) is 0 Å². The molecule has 0 aliphatic heterocycles. The van der Waals surface area contributed by atoms with E-state index in [9.17, 15) is 28.9 Å². The number of phosphoric ester groups is 1. The Morgan fingerprint density at radius 1 is 0.354 bits per heavy atom. The van der Waals surface area contributed by atoms with Crippen LogP contribution < -0.4 is 0 Å². The standard InChI is InChI=1S/C70H117O11P/c1-4-7-10-13-16-19-22-25-28-31-33-36-38-41-44-47-50-53-56-59-68(72)77-63-67(81-70(74)61-58-55-52-49-46-43-40-37-34-32-29-26-23-20-17-14-11-8-5-2)65-79-82(75,76)78-64-66(62-71)80-69(73)60-57-54-51-48-45-42-39-35-30-27-24-21-18-15-12-9-6-3/h8-9,11-12,16-21,25-30,33-34,36-37,66-67,71H,4-7,10,13-15,22-24,31-32,35,38-65H2,1-3H3,(H,75,76)/b11-8-,12-9-,19-16-,20-17-,21-18-,28-25-,29-26-,30-27-,36-33-,37-34-. The van der Waals surface area contributed by atoms with Crippen molar-refractivity contribution in [3.8, 4) is 0 Å². The lowest BCUT2D eigenvalue weighted by Crippen LogP contribution is -2.30. The number of hydrogen-bond acceptors (Lipinski definition) is 10. The van der Waals surface area contributed by atoms with Gasteiger partial charge in [-0.3, -0.25) is 23.4 Å². The molecule has 82 heavy (non-hydrogen) atoms. The minimum Gasteiger partial charge on any atom is -0.462 e. The molecule has 0 saturated heterocycles. The first-order valence-electron chi connectivity index (χ1n) is 32.4. The van der Waals surface area contributed by atoms with Gasteiger partial charge in [-0.1, -0.05) is 239 Å². The number of ether oxygens (including phenoxy) is 3. The molecule has 0 aromatic carbocycles. The van der Waals surface area contributed by atoms with Gasteiger partial charge < -0.3 is 24.2 Å². The number of carbonyl (C=O) groups is 3. The highest BCUT2D eigenvalue weighted by atomic mass is 31.2. The van der Waals surface area contributed by atoms with Crippen molar-refractivity contribution in [2.75, 3.05) is 26.4 Å². The molecule has 468 valence electrons. The molecule has 0 saturated carbocycles. The predicted molar refractivity (Wildman–Crippen MR) is 343 cm³/mol. The van der Waals surface area contributed by atoms with E-state index in [4.69, 9.17) is 23.3 Å². The van der Waals surface area contributed by atoms with E-state index in [1.54, 1.807) is 0 Å². The Labute approximate surface area is 500 Å². The molecule has 0 aliphatic rings. The first-order valence-corrected chi connectivity index (χ1v) is 33.9. The summed E-state index contributed by atoms with van der Waals surface area (Å²) >= 11 is 0. The second-order valence-corrected chi connectivity index (χ2v) is 22.6. The Hall–Kier alpha value is -4.12. The molecule has 0 heterocycles. The van der Waals surface area contributed by atoms with E-state index >= 15 is 0 Å². The van der Waals surface area contributed by atoms with E-state index in [2.05, 4.69) is 142 Å². The first kappa shape index (κ1) is 77.9. The van der Waals surface area contributed by atoms with Crippen LogP contribution in [-0.2, 0) is 42.2 Å². The number of carbonyl (C=O) groups excluding carboxylic acids is 3. The Bertz CT molecular complexity index is 1840. The molecular formula is C70H117O11P. The van der Waals surface area contributed by atoms with Crippen LogP contribution in [0.15, 0.2) is 122 Å². The van der Waals surface area contributed by atoms with Crippen LogP contribution in [0.5, 0.6) is 0 Å². The number of phosphoric acid groups is 1. The molecule has 0 fully saturated rings. The maximum atomic E-state index is 13.0. The fraction of sp³-hybridized carbons (Fsp3) is 0.671. The molecule has 3 atom stereocenters. The van der Waals surface area contributed by atoms with E-state index in [1.165, 1.54) is 32.1 Å². The molecule has 2 N–H and O–H groups in total. The largest absolute Gasteiger partial charge is 0.472 e. The number of hydrogen-bond donors (Lipinski definition) is 2. The fourth-order valence-electron chi connectivity index (χ4n) is 8.49. The van der Waals surface area contributed by atoms with E-state index < -0.39 is 57.8 Å². The maximum absolute atomic E-state index is 13.0. The van der Waals surface area contributed by atoms with Gasteiger partial charge in [-0.05, 0) is 128 Å². The van der Waals surface area contributed by atoms with Gasteiger partial charge in [0.05, 0.1) is 19.8 Å². The normalized spacial score (nSPS) is 14.1. The van der Waals surface area contributed by atoms with Gasteiger partial charge in [0.25, 0.3) is 0 Å². The van der Waals surface area contributed by atoms with Gasteiger partial charge in [0.15, 0.2) is 6.10 Å². The summed E-state index contributed by atoms with van der Waals surface area (Å²) in [5.41, 5.74) is 0. The third kappa shape index (κ3) is 60.5. The molecule has 0 amide bonds. The van der Waals surface area contributed by atoms with Gasteiger partial charge in [-0.25, -0.2) is 4.57 Å². The summed E-state index contributed by atoms with van der Waals surface area (Å²) in [6, 6.07) is 0. The third-order valence-corrected chi connectivity index (χ3v) is 14.3. The van der Waals surface area contributed by atoms with Crippen molar-refractivity contribution >= 4 is 25.7 Å². The summed E-state index contributed by atoms with van der Waals surface area (Å²) in [4.78, 5) is 48.8. The van der Waals surface area contributed by atoms with E-state index in [1.807, 2.05) is 0 Å². The van der Waals surface area contributed by atoms with Crippen molar-refractivity contribution in [2.24, 2.45) is 0 Å². The summed E-state index contributed by atoms with van der Waals surface area (Å²) in [5, 5.41) is 9.86. The van der Waals surface area contributed by atoms with Gasteiger partial charge in [-0.15, -0.1) is 0 Å². The number of aliphatic hydroxyl groups is 1.